The predicted octanol–water partition coefficient (Wildman–Crippen LogP) is 7.01. The third-order valence-electron chi connectivity index (χ3n) is 7.66. The molecule has 2 aliphatic carbocycles. The molecule has 5 nitrogen and oxygen atoms in total. The Balaban J connectivity index is 1.60. The third-order valence-corrected chi connectivity index (χ3v) is 8.48. The Labute approximate surface area is 202 Å². The van der Waals surface area contributed by atoms with Crippen LogP contribution in [0.25, 0.3) is 0 Å². The first kappa shape index (κ1) is 23.1. The second-order valence-corrected chi connectivity index (χ2v) is 10.5. The summed E-state index contributed by atoms with van der Waals surface area (Å²) in [7, 11) is 0. The average Bonchev–Trinajstić information content (AvgIpc) is 3.05. The molecule has 4 rings (SSSR count). The molecule has 2 aromatic rings. The fourth-order valence-electron chi connectivity index (χ4n) is 5.09. The number of oxime groups is 1. The molecular formula is C24H23Cl3N2O3. The fraction of sp³-hybridized carbons (Fsp3) is 0.375. The van der Waals surface area contributed by atoms with Crippen LogP contribution in [0.4, 0.5) is 5.69 Å². The zero-order chi connectivity index (χ0) is 23.3. The fourth-order valence-corrected chi connectivity index (χ4v) is 5.56. The van der Waals surface area contributed by atoms with Crippen LogP contribution in [-0.2, 0) is 9.63 Å². The van der Waals surface area contributed by atoms with Crippen molar-refractivity contribution >= 4 is 58.1 Å². The number of carbonyl (C=O) groups excluding carboxylic acids is 2. The van der Waals surface area contributed by atoms with Crippen LogP contribution in [0.5, 0.6) is 0 Å². The largest absolute Gasteiger partial charge is 0.365 e. The second-order valence-electron chi connectivity index (χ2n) is 9.22. The first-order valence-electron chi connectivity index (χ1n) is 10.3. The minimum Gasteiger partial charge on any atom is -0.324 e. The Morgan fingerprint density at radius 2 is 1.62 bits per heavy atom. The summed E-state index contributed by atoms with van der Waals surface area (Å²) in [5.41, 5.74) is 0.0303. The van der Waals surface area contributed by atoms with E-state index in [4.69, 9.17) is 39.6 Å². The highest BCUT2D eigenvalue weighted by Gasteiger charge is 2.71. The molecule has 2 bridgehead atoms. The maximum Gasteiger partial charge on any atom is 0.365 e. The molecule has 2 aromatic carbocycles. The maximum absolute atomic E-state index is 13.6. The van der Waals surface area contributed by atoms with Gasteiger partial charge in [-0.1, -0.05) is 60.7 Å². The van der Waals surface area contributed by atoms with Crippen molar-refractivity contribution in [2.45, 2.75) is 40.0 Å². The zero-order valence-electron chi connectivity index (χ0n) is 18.0. The van der Waals surface area contributed by atoms with Crippen LogP contribution >= 0.6 is 34.8 Å². The lowest BCUT2D eigenvalue weighted by molar-refractivity contribution is -0.130. The minimum absolute atomic E-state index is 0.135. The number of nitrogens with one attached hydrogen (secondary N) is 1. The van der Waals surface area contributed by atoms with Crippen LogP contribution in [0.1, 0.15) is 50.4 Å². The smallest absolute Gasteiger partial charge is 0.324 e. The molecule has 2 unspecified atom stereocenters. The molecule has 2 saturated carbocycles. The highest BCUT2D eigenvalue weighted by molar-refractivity contribution is 6.35. The molecule has 0 radical (unpaired) electrons. The van der Waals surface area contributed by atoms with Crippen molar-refractivity contribution in [3.8, 4) is 0 Å². The van der Waals surface area contributed by atoms with Gasteiger partial charge in [0.15, 0.2) is 0 Å². The molecule has 0 heterocycles. The van der Waals surface area contributed by atoms with Gasteiger partial charge in [0.05, 0.1) is 27.4 Å². The Morgan fingerprint density at radius 3 is 2.31 bits per heavy atom. The second kappa shape index (κ2) is 8.05. The van der Waals surface area contributed by atoms with Crippen molar-refractivity contribution in [3.63, 3.8) is 0 Å². The summed E-state index contributed by atoms with van der Waals surface area (Å²) in [6, 6.07) is 11.4. The number of fused-ring (bicyclic) bond motifs is 2. The molecule has 168 valence electrons. The van der Waals surface area contributed by atoms with Crippen LogP contribution in [0, 0.1) is 16.2 Å². The van der Waals surface area contributed by atoms with Crippen LogP contribution < -0.4 is 5.32 Å². The standard InChI is InChI=1S/C24H23Cl3N2O3/c1-22(2)23(3)10-11-24(22,21(31)28-18-12-16(26)8-9-17(18)27)13-19(23)29-32-20(30)14-4-6-15(25)7-5-14/h4-9,12H,10-11,13H2,1-3H3,(H,28,31). The van der Waals surface area contributed by atoms with Gasteiger partial charge in [-0.3, -0.25) is 4.79 Å². The topological polar surface area (TPSA) is 67.8 Å². The van der Waals surface area contributed by atoms with Crippen LogP contribution in [-0.4, -0.2) is 17.6 Å². The molecule has 8 heteroatoms. The molecular weight excluding hydrogens is 471 g/mol. The SMILES string of the molecule is CC12CCC(C(=O)Nc3cc(Cl)ccc3Cl)(CC1=NOC(=O)c1ccc(Cl)cc1)C2(C)C. The van der Waals surface area contributed by atoms with Crippen LogP contribution in [0.15, 0.2) is 47.6 Å². The number of anilines is 1. The van der Waals surface area contributed by atoms with E-state index in [0.717, 1.165) is 6.42 Å². The van der Waals surface area contributed by atoms with Crippen LogP contribution in [0.2, 0.25) is 15.1 Å². The monoisotopic (exact) mass is 492 g/mol. The first-order valence-corrected chi connectivity index (χ1v) is 11.4. The van der Waals surface area contributed by atoms with Gasteiger partial charge >= 0.3 is 5.97 Å². The number of nitrogens with zero attached hydrogens (tertiary/aromatic N) is 1. The van der Waals surface area contributed by atoms with Crippen molar-refractivity contribution in [2.24, 2.45) is 21.4 Å². The van der Waals surface area contributed by atoms with Gasteiger partial charge in [0, 0.05) is 21.9 Å². The molecule has 0 saturated heterocycles. The lowest BCUT2D eigenvalue weighted by Crippen LogP contribution is -2.43. The summed E-state index contributed by atoms with van der Waals surface area (Å²) in [5, 5.41) is 8.65. The summed E-state index contributed by atoms with van der Waals surface area (Å²) >= 11 is 18.2. The van der Waals surface area contributed by atoms with Gasteiger partial charge in [-0.15, -0.1) is 0 Å². The Hall–Kier alpha value is -2.08. The van der Waals surface area contributed by atoms with E-state index in [1.165, 1.54) is 0 Å². The number of rotatable bonds is 4. The van der Waals surface area contributed by atoms with Crippen molar-refractivity contribution < 1.29 is 14.4 Å². The summed E-state index contributed by atoms with van der Waals surface area (Å²) in [6.45, 7) is 6.22. The van der Waals surface area contributed by atoms with Gasteiger partial charge in [0.25, 0.3) is 0 Å². The number of hydrogen-bond acceptors (Lipinski definition) is 4. The van der Waals surface area contributed by atoms with E-state index in [0.29, 0.717) is 44.9 Å². The maximum atomic E-state index is 13.6. The molecule has 2 aliphatic rings. The zero-order valence-corrected chi connectivity index (χ0v) is 20.2. The molecule has 1 N–H and O–H groups in total. The highest BCUT2D eigenvalue weighted by Crippen LogP contribution is 2.71. The molecule has 0 spiro atoms. The quantitative estimate of drug-likeness (QED) is 0.368. The predicted molar refractivity (Wildman–Crippen MR) is 128 cm³/mol. The lowest BCUT2D eigenvalue weighted by Gasteiger charge is -2.39. The van der Waals surface area contributed by atoms with Gasteiger partial charge < -0.3 is 10.2 Å². The van der Waals surface area contributed by atoms with Crippen molar-refractivity contribution in [3.05, 3.63) is 63.1 Å². The molecule has 2 atom stereocenters. The molecule has 2 fully saturated rings. The summed E-state index contributed by atoms with van der Waals surface area (Å²) < 4.78 is 0. The van der Waals surface area contributed by atoms with E-state index in [-0.39, 0.29) is 11.3 Å². The van der Waals surface area contributed by atoms with E-state index in [9.17, 15) is 9.59 Å². The Bertz CT molecular complexity index is 1130. The Kier molecular flexibility index (Phi) is 5.81. The average molecular weight is 494 g/mol. The number of amides is 1. The van der Waals surface area contributed by atoms with Gasteiger partial charge in [0.2, 0.25) is 5.91 Å². The van der Waals surface area contributed by atoms with E-state index in [1.807, 2.05) is 0 Å². The highest BCUT2D eigenvalue weighted by atomic mass is 35.5. The summed E-state index contributed by atoms with van der Waals surface area (Å²) in [6.07, 6.45) is 1.85. The normalized spacial score (nSPS) is 26.9. The van der Waals surface area contributed by atoms with Gasteiger partial charge in [-0.2, -0.15) is 0 Å². The number of hydrogen-bond donors (Lipinski definition) is 1. The lowest BCUT2D eigenvalue weighted by atomic mass is 9.64. The molecule has 1 amide bonds. The van der Waals surface area contributed by atoms with Gasteiger partial charge in [-0.05, 0) is 60.7 Å². The Morgan fingerprint density at radius 1 is 0.969 bits per heavy atom. The van der Waals surface area contributed by atoms with E-state index in [1.54, 1.807) is 42.5 Å². The van der Waals surface area contributed by atoms with Crippen molar-refractivity contribution in [1.82, 2.24) is 0 Å². The number of halogens is 3. The minimum atomic E-state index is -0.709. The van der Waals surface area contributed by atoms with Crippen molar-refractivity contribution in [2.75, 3.05) is 5.32 Å². The molecule has 32 heavy (non-hydrogen) atoms. The van der Waals surface area contributed by atoms with E-state index in [2.05, 4.69) is 31.2 Å². The van der Waals surface area contributed by atoms with Crippen LogP contribution in [0.3, 0.4) is 0 Å². The molecule has 0 aliphatic heterocycles. The first-order chi connectivity index (χ1) is 15.0. The van der Waals surface area contributed by atoms with E-state index < -0.39 is 16.8 Å². The van der Waals surface area contributed by atoms with Gasteiger partial charge in [-0.25, -0.2) is 4.79 Å². The van der Waals surface area contributed by atoms with E-state index >= 15 is 0 Å². The summed E-state index contributed by atoms with van der Waals surface area (Å²) in [5.74, 6) is -0.702. The number of carbonyl (C=O) groups is 2. The molecule has 0 aromatic heterocycles. The number of benzene rings is 2. The van der Waals surface area contributed by atoms with Crippen molar-refractivity contribution in [1.29, 1.82) is 0 Å². The van der Waals surface area contributed by atoms with Gasteiger partial charge in [0.1, 0.15) is 0 Å². The third kappa shape index (κ3) is 3.51. The summed E-state index contributed by atoms with van der Waals surface area (Å²) in [4.78, 5) is 31.3.